The Morgan fingerprint density at radius 3 is 2.92 bits per heavy atom. The van der Waals surface area contributed by atoms with Gasteiger partial charge in [-0.15, -0.1) is 5.10 Å². The van der Waals surface area contributed by atoms with Gasteiger partial charge in [-0.3, -0.25) is 4.79 Å². The summed E-state index contributed by atoms with van der Waals surface area (Å²) < 4.78 is 1.69. The molecule has 0 saturated carbocycles. The lowest BCUT2D eigenvalue weighted by Gasteiger charge is -2.33. The molecule has 1 unspecified atom stereocenters. The van der Waals surface area contributed by atoms with Crippen LogP contribution >= 0.6 is 0 Å². The van der Waals surface area contributed by atoms with Gasteiger partial charge < -0.3 is 10.2 Å². The van der Waals surface area contributed by atoms with Crippen molar-refractivity contribution in [3.05, 3.63) is 47.8 Å². The van der Waals surface area contributed by atoms with Crippen molar-refractivity contribution in [2.24, 2.45) is 0 Å². The van der Waals surface area contributed by atoms with Crippen LogP contribution in [-0.4, -0.2) is 51.5 Å². The highest BCUT2D eigenvalue weighted by atomic mass is 16.2. The summed E-state index contributed by atoms with van der Waals surface area (Å²) in [6.45, 7) is 5.81. The third kappa shape index (κ3) is 5.13. The smallest absolute Gasteiger partial charge is 0.273 e. The summed E-state index contributed by atoms with van der Waals surface area (Å²) in [5.74, 6) is -0.147. The average molecular weight is 341 g/mol. The zero-order chi connectivity index (χ0) is 17.5. The minimum atomic E-state index is -0.147. The lowest BCUT2D eigenvalue weighted by molar-refractivity contribution is 0.0944. The predicted molar refractivity (Wildman–Crippen MR) is 97.4 cm³/mol. The van der Waals surface area contributed by atoms with Gasteiger partial charge in [-0.25, -0.2) is 4.68 Å². The van der Waals surface area contributed by atoms with Crippen molar-refractivity contribution in [1.82, 2.24) is 25.2 Å². The molecule has 134 valence electrons. The molecule has 2 heterocycles. The van der Waals surface area contributed by atoms with Crippen LogP contribution in [0.15, 0.2) is 36.5 Å². The highest BCUT2D eigenvalue weighted by Crippen LogP contribution is 2.16. The molecule has 1 atom stereocenters. The van der Waals surface area contributed by atoms with Crippen molar-refractivity contribution in [3.63, 3.8) is 0 Å². The molecule has 6 heteroatoms. The zero-order valence-corrected chi connectivity index (χ0v) is 14.9. The molecule has 3 rings (SSSR count). The molecule has 1 aromatic heterocycles. The SMILES string of the molecule is CC1CCCCN1CCCNC(=O)c1cn(Cc2ccccc2)nn1. The van der Waals surface area contributed by atoms with Gasteiger partial charge in [0.15, 0.2) is 5.69 Å². The van der Waals surface area contributed by atoms with Crippen molar-refractivity contribution in [2.75, 3.05) is 19.6 Å². The van der Waals surface area contributed by atoms with Crippen LogP contribution in [0, 0.1) is 0 Å². The molecular weight excluding hydrogens is 314 g/mol. The van der Waals surface area contributed by atoms with Crippen LogP contribution in [0.5, 0.6) is 0 Å². The fraction of sp³-hybridized carbons (Fsp3) is 0.526. The molecular formula is C19H27N5O. The van der Waals surface area contributed by atoms with E-state index in [1.807, 2.05) is 30.3 Å². The lowest BCUT2D eigenvalue weighted by Crippen LogP contribution is -2.39. The van der Waals surface area contributed by atoms with Crippen LogP contribution in [0.1, 0.15) is 48.7 Å². The van der Waals surface area contributed by atoms with Crippen molar-refractivity contribution in [3.8, 4) is 0 Å². The number of hydrogen-bond acceptors (Lipinski definition) is 4. The highest BCUT2D eigenvalue weighted by Gasteiger charge is 2.17. The number of carbonyl (C=O) groups is 1. The maximum absolute atomic E-state index is 12.2. The Hall–Kier alpha value is -2.21. The second-order valence-corrected chi connectivity index (χ2v) is 6.78. The van der Waals surface area contributed by atoms with E-state index in [0.29, 0.717) is 24.8 Å². The molecule has 0 spiro atoms. The van der Waals surface area contributed by atoms with Gasteiger partial charge in [0.05, 0.1) is 12.7 Å². The van der Waals surface area contributed by atoms with Gasteiger partial charge in [-0.2, -0.15) is 0 Å². The van der Waals surface area contributed by atoms with Crippen molar-refractivity contribution >= 4 is 5.91 Å². The largest absolute Gasteiger partial charge is 0.351 e. The van der Waals surface area contributed by atoms with E-state index >= 15 is 0 Å². The number of amides is 1. The van der Waals surface area contributed by atoms with Crippen molar-refractivity contribution in [1.29, 1.82) is 0 Å². The fourth-order valence-electron chi connectivity index (χ4n) is 3.31. The summed E-state index contributed by atoms with van der Waals surface area (Å²) in [6, 6.07) is 10.7. The van der Waals surface area contributed by atoms with E-state index in [2.05, 4.69) is 27.5 Å². The van der Waals surface area contributed by atoms with Gasteiger partial charge in [0.25, 0.3) is 5.91 Å². The normalized spacial score (nSPS) is 18.2. The van der Waals surface area contributed by atoms with Gasteiger partial charge in [0, 0.05) is 19.1 Å². The van der Waals surface area contributed by atoms with Gasteiger partial charge in [0.2, 0.25) is 0 Å². The first-order valence-electron chi connectivity index (χ1n) is 9.18. The number of piperidine rings is 1. The van der Waals surface area contributed by atoms with Gasteiger partial charge in [-0.1, -0.05) is 42.0 Å². The first kappa shape index (κ1) is 17.6. The number of carbonyl (C=O) groups excluding carboxylic acids is 1. The molecule has 1 aliphatic heterocycles. The number of nitrogens with one attached hydrogen (secondary N) is 1. The lowest BCUT2D eigenvalue weighted by atomic mass is 10.0. The summed E-state index contributed by atoms with van der Waals surface area (Å²) in [5, 5.41) is 11.0. The Balaban J connectivity index is 1.41. The molecule has 0 radical (unpaired) electrons. The highest BCUT2D eigenvalue weighted by molar-refractivity contribution is 5.91. The standard InChI is InChI=1S/C19H27N5O/c1-16-8-5-6-12-23(16)13-7-11-20-19(25)18-15-24(22-21-18)14-17-9-3-2-4-10-17/h2-4,9-10,15-16H,5-8,11-14H2,1H3,(H,20,25). The monoisotopic (exact) mass is 341 g/mol. The fourth-order valence-corrected chi connectivity index (χ4v) is 3.31. The molecule has 1 saturated heterocycles. The number of nitrogens with zero attached hydrogens (tertiary/aromatic N) is 4. The second kappa shape index (κ2) is 8.76. The Kier molecular flexibility index (Phi) is 6.17. The minimum Gasteiger partial charge on any atom is -0.351 e. The molecule has 1 fully saturated rings. The Morgan fingerprint density at radius 2 is 2.12 bits per heavy atom. The molecule has 1 N–H and O–H groups in total. The van der Waals surface area contributed by atoms with Crippen LogP contribution in [0.4, 0.5) is 0 Å². The van der Waals surface area contributed by atoms with Crippen LogP contribution < -0.4 is 5.32 Å². The molecule has 1 aliphatic rings. The second-order valence-electron chi connectivity index (χ2n) is 6.78. The molecule has 25 heavy (non-hydrogen) atoms. The topological polar surface area (TPSA) is 63.1 Å². The van der Waals surface area contributed by atoms with Crippen molar-refractivity contribution < 1.29 is 4.79 Å². The van der Waals surface area contributed by atoms with Crippen LogP contribution in [0.25, 0.3) is 0 Å². The third-order valence-corrected chi connectivity index (χ3v) is 4.81. The Morgan fingerprint density at radius 1 is 1.28 bits per heavy atom. The van der Waals surface area contributed by atoms with Crippen molar-refractivity contribution in [2.45, 2.75) is 45.2 Å². The average Bonchev–Trinajstić information content (AvgIpc) is 3.09. The molecule has 1 aromatic carbocycles. The van der Waals surface area contributed by atoms with Crippen LogP contribution in [-0.2, 0) is 6.54 Å². The van der Waals surface area contributed by atoms with E-state index in [0.717, 1.165) is 18.5 Å². The van der Waals surface area contributed by atoms with Gasteiger partial charge >= 0.3 is 0 Å². The first-order chi connectivity index (χ1) is 12.2. The molecule has 6 nitrogen and oxygen atoms in total. The maximum atomic E-state index is 12.2. The molecule has 0 aliphatic carbocycles. The van der Waals surface area contributed by atoms with E-state index in [4.69, 9.17) is 0 Å². The zero-order valence-electron chi connectivity index (χ0n) is 14.9. The maximum Gasteiger partial charge on any atom is 0.273 e. The van der Waals surface area contributed by atoms with E-state index in [-0.39, 0.29) is 5.91 Å². The van der Waals surface area contributed by atoms with Gasteiger partial charge in [0.1, 0.15) is 0 Å². The summed E-state index contributed by atoms with van der Waals surface area (Å²) in [5.41, 5.74) is 1.51. The summed E-state index contributed by atoms with van der Waals surface area (Å²) in [7, 11) is 0. The van der Waals surface area contributed by atoms with Gasteiger partial charge in [-0.05, 0) is 38.3 Å². The molecule has 0 bridgehead atoms. The van der Waals surface area contributed by atoms with E-state index in [1.165, 1.54) is 25.8 Å². The van der Waals surface area contributed by atoms with E-state index in [9.17, 15) is 4.79 Å². The summed E-state index contributed by atoms with van der Waals surface area (Å²) in [4.78, 5) is 14.7. The molecule has 2 aromatic rings. The minimum absolute atomic E-state index is 0.147. The van der Waals surface area contributed by atoms with E-state index in [1.54, 1.807) is 10.9 Å². The van der Waals surface area contributed by atoms with E-state index < -0.39 is 0 Å². The Labute approximate surface area is 149 Å². The van der Waals surface area contributed by atoms with Crippen LogP contribution in [0.2, 0.25) is 0 Å². The summed E-state index contributed by atoms with van der Waals surface area (Å²) >= 11 is 0. The Bertz CT molecular complexity index is 669. The predicted octanol–water partition coefficient (Wildman–Crippen LogP) is 2.32. The number of aromatic nitrogens is 3. The number of rotatable bonds is 7. The number of likely N-dealkylation sites (tertiary alicyclic amines) is 1. The van der Waals surface area contributed by atoms with Crippen LogP contribution in [0.3, 0.4) is 0 Å². The third-order valence-electron chi connectivity index (χ3n) is 4.81. The number of hydrogen-bond donors (Lipinski definition) is 1. The number of benzene rings is 1. The molecule has 1 amide bonds. The quantitative estimate of drug-likeness (QED) is 0.785. The first-order valence-corrected chi connectivity index (χ1v) is 9.18. The summed E-state index contributed by atoms with van der Waals surface area (Å²) in [6.07, 6.45) is 6.59.